The molecule has 94 valence electrons. The Morgan fingerprint density at radius 2 is 1.94 bits per heavy atom. The van der Waals surface area contributed by atoms with Crippen LogP contribution in [0, 0.1) is 20.8 Å². The van der Waals surface area contributed by atoms with Gasteiger partial charge < -0.3 is 4.98 Å². The van der Waals surface area contributed by atoms with E-state index in [4.69, 9.17) is 0 Å². The quantitative estimate of drug-likeness (QED) is 0.522. The van der Waals surface area contributed by atoms with Gasteiger partial charge in [0.05, 0.1) is 5.75 Å². The van der Waals surface area contributed by atoms with Crippen LogP contribution in [0.15, 0.2) is 23.6 Å². The number of carbonyl (C=O) groups excluding carboxylic acids is 1. The number of nitrogens with zero attached hydrogens (tertiary/aromatic N) is 2. The first-order chi connectivity index (χ1) is 8.56. The van der Waals surface area contributed by atoms with Gasteiger partial charge in [0.1, 0.15) is 0 Å². The molecule has 18 heavy (non-hydrogen) atoms. The highest BCUT2D eigenvalue weighted by Gasteiger charge is 2.12. The summed E-state index contributed by atoms with van der Waals surface area (Å²) in [6.07, 6.45) is 3.51. The highest BCUT2D eigenvalue weighted by atomic mass is 32.2. The molecule has 4 nitrogen and oxygen atoms in total. The van der Waals surface area contributed by atoms with Crippen molar-refractivity contribution in [3.63, 3.8) is 0 Å². The minimum absolute atomic E-state index is 0.103. The van der Waals surface area contributed by atoms with E-state index in [0.29, 0.717) is 10.9 Å². The molecule has 0 radical (unpaired) electrons. The molecule has 1 N–H and O–H groups in total. The molecular formula is C13H15N3OS. The molecule has 0 amide bonds. The van der Waals surface area contributed by atoms with Gasteiger partial charge in [-0.15, -0.1) is 0 Å². The molecule has 2 aromatic rings. The van der Waals surface area contributed by atoms with Crippen molar-refractivity contribution in [1.29, 1.82) is 0 Å². The topological polar surface area (TPSA) is 58.6 Å². The van der Waals surface area contributed by atoms with Gasteiger partial charge in [-0.25, -0.2) is 9.97 Å². The Hall–Kier alpha value is -1.62. The molecule has 0 aliphatic rings. The van der Waals surface area contributed by atoms with E-state index in [9.17, 15) is 4.79 Å². The molecule has 0 fully saturated rings. The molecule has 0 unspecified atom stereocenters. The number of aromatic nitrogens is 3. The van der Waals surface area contributed by atoms with Crippen LogP contribution in [0.2, 0.25) is 0 Å². The molecule has 0 saturated heterocycles. The van der Waals surface area contributed by atoms with Crippen LogP contribution in [0.1, 0.15) is 27.3 Å². The highest BCUT2D eigenvalue weighted by molar-refractivity contribution is 7.99. The first-order valence-electron chi connectivity index (χ1n) is 5.67. The Labute approximate surface area is 110 Å². The van der Waals surface area contributed by atoms with Crippen LogP contribution >= 0.6 is 11.8 Å². The Kier molecular flexibility index (Phi) is 3.81. The van der Waals surface area contributed by atoms with E-state index >= 15 is 0 Å². The summed E-state index contributed by atoms with van der Waals surface area (Å²) < 4.78 is 0. The number of ketones is 1. The number of rotatable bonds is 4. The molecule has 5 heteroatoms. The lowest BCUT2D eigenvalue weighted by molar-refractivity contribution is 0.102. The van der Waals surface area contributed by atoms with Crippen molar-refractivity contribution in [3.8, 4) is 0 Å². The molecule has 0 aliphatic carbocycles. The third-order valence-electron chi connectivity index (χ3n) is 2.54. The van der Waals surface area contributed by atoms with E-state index in [1.165, 1.54) is 11.8 Å². The van der Waals surface area contributed by atoms with Crippen LogP contribution in [-0.2, 0) is 0 Å². The van der Waals surface area contributed by atoms with Crippen LogP contribution in [0.4, 0.5) is 0 Å². The maximum atomic E-state index is 12.0. The Morgan fingerprint density at radius 3 is 2.50 bits per heavy atom. The van der Waals surface area contributed by atoms with Gasteiger partial charge in [-0.05, 0) is 32.4 Å². The molecule has 0 spiro atoms. The van der Waals surface area contributed by atoms with Crippen molar-refractivity contribution in [2.24, 2.45) is 0 Å². The number of thioether (sulfide) groups is 1. The number of aromatic amines is 1. The summed E-state index contributed by atoms with van der Waals surface area (Å²) in [5.74, 6) is 0.465. The van der Waals surface area contributed by atoms with Gasteiger partial charge in [-0.1, -0.05) is 11.8 Å². The minimum atomic E-state index is 0.103. The summed E-state index contributed by atoms with van der Waals surface area (Å²) in [6, 6.07) is 1.88. The van der Waals surface area contributed by atoms with Gasteiger partial charge in [0.25, 0.3) is 0 Å². The third kappa shape index (κ3) is 2.98. The van der Waals surface area contributed by atoms with Gasteiger partial charge in [0.15, 0.2) is 10.9 Å². The van der Waals surface area contributed by atoms with Crippen molar-refractivity contribution in [1.82, 2.24) is 15.0 Å². The summed E-state index contributed by atoms with van der Waals surface area (Å²) in [5.41, 5.74) is 3.70. The van der Waals surface area contributed by atoms with Crippen molar-refractivity contribution in [2.45, 2.75) is 25.9 Å². The van der Waals surface area contributed by atoms with E-state index < -0.39 is 0 Å². The van der Waals surface area contributed by atoms with Crippen LogP contribution in [0.3, 0.4) is 0 Å². The Balaban J connectivity index is 2.00. The van der Waals surface area contributed by atoms with Crippen molar-refractivity contribution in [2.75, 3.05) is 5.75 Å². The minimum Gasteiger partial charge on any atom is -0.362 e. The highest BCUT2D eigenvalue weighted by Crippen LogP contribution is 2.17. The molecule has 0 bridgehead atoms. The molecule has 2 rings (SSSR count). The first-order valence-corrected chi connectivity index (χ1v) is 6.65. The van der Waals surface area contributed by atoms with Crippen molar-refractivity contribution < 1.29 is 4.79 Å². The van der Waals surface area contributed by atoms with Crippen LogP contribution in [-0.4, -0.2) is 26.5 Å². The summed E-state index contributed by atoms with van der Waals surface area (Å²) in [4.78, 5) is 23.5. The SMILES string of the molecule is Cc1cnc(SCC(=O)c2cc(C)[nH]c2C)nc1. The maximum Gasteiger partial charge on any atom is 0.187 e. The van der Waals surface area contributed by atoms with E-state index in [1.807, 2.05) is 26.8 Å². The van der Waals surface area contributed by atoms with Gasteiger partial charge in [-0.3, -0.25) is 4.79 Å². The molecule has 0 aromatic carbocycles. The normalized spacial score (nSPS) is 10.6. The number of hydrogen-bond acceptors (Lipinski definition) is 4. The number of Topliss-reactive ketones (excluding diaryl/α,β-unsaturated/α-hetero) is 1. The summed E-state index contributed by atoms with van der Waals surface area (Å²) >= 11 is 1.36. The number of hydrogen-bond donors (Lipinski definition) is 1. The average molecular weight is 261 g/mol. The lowest BCUT2D eigenvalue weighted by Gasteiger charge is -2.00. The number of H-pyrrole nitrogens is 1. The molecular weight excluding hydrogens is 246 g/mol. The number of carbonyl (C=O) groups is 1. The second kappa shape index (κ2) is 5.35. The lowest BCUT2D eigenvalue weighted by Crippen LogP contribution is -2.03. The fourth-order valence-corrected chi connectivity index (χ4v) is 2.35. The van der Waals surface area contributed by atoms with Gasteiger partial charge in [-0.2, -0.15) is 0 Å². The largest absolute Gasteiger partial charge is 0.362 e. The summed E-state index contributed by atoms with van der Waals surface area (Å²) in [5, 5.41) is 0.638. The second-order valence-electron chi connectivity index (χ2n) is 4.25. The van der Waals surface area contributed by atoms with Gasteiger partial charge >= 0.3 is 0 Å². The number of aryl methyl sites for hydroxylation is 3. The first kappa shape index (κ1) is 12.8. The fourth-order valence-electron chi connectivity index (χ4n) is 1.68. The lowest BCUT2D eigenvalue weighted by atomic mass is 10.2. The summed E-state index contributed by atoms with van der Waals surface area (Å²) in [6.45, 7) is 5.79. The van der Waals surface area contributed by atoms with Gasteiger partial charge in [0, 0.05) is 29.3 Å². The standard InChI is InChI=1S/C13H15N3OS/c1-8-5-14-13(15-6-8)18-7-12(17)11-4-9(2)16-10(11)3/h4-6,16H,7H2,1-3H3. The van der Waals surface area contributed by atoms with E-state index in [-0.39, 0.29) is 5.78 Å². The van der Waals surface area contributed by atoms with Crippen LogP contribution < -0.4 is 0 Å². The molecule has 0 saturated carbocycles. The molecule has 0 atom stereocenters. The average Bonchev–Trinajstić information content (AvgIpc) is 2.67. The second-order valence-corrected chi connectivity index (χ2v) is 5.19. The van der Waals surface area contributed by atoms with Crippen LogP contribution in [0.5, 0.6) is 0 Å². The zero-order valence-corrected chi connectivity index (χ0v) is 11.5. The predicted molar refractivity (Wildman–Crippen MR) is 72.1 cm³/mol. The van der Waals surface area contributed by atoms with Gasteiger partial charge in [0.2, 0.25) is 0 Å². The fraction of sp³-hybridized carbons (Fsp3) is 0.308. The molecule has 2 aromatic heterocycles. The third-order valence-corrected chi connectivity index (χ3v) is 3.42. The maximum absolute atomic E-state index is 12.0. The van der Waals surface area contributed by atoms with Crippen molar-refractivity contribution in [3.05, 3.63) is 41.0 Å². The summed E-state index contributed by atoms with van der Waals surface area (Å²) in [7, 11) is 0. The zero-order chi connectivity index (χ0) is 13.1. The van der Waals surface area contributed by atoms with Crippen LogP contribution in [0.25, 0.3) is 0 Å². The Morgan fingerprint density at radius 1 is 1.28 bits per heavy atom. The van der Waals surface area contributed by atoms with E-state index in [1.54, 1.807) is 12.4 Å². The molecule has 2 heterocycles. The smallest absolute Gasteiger partial charge is 0.187 e. The predicted octanol–water partition coefficient (Wildman–Crippen LogP) is 2.70. The number of nitrogens with one attached hydrogen (secondary N) is 1. The zero-order valence-electron chi connectivity index (χ0n) is 10.7. The van der Waals surface area contributed by atoms with E-state index in [2.05, 4.69) is 15.0 Å². The Bertz CT molecular complexity index is 560. The van der Waals surface area contributed by atoms with E-state index in [0.717, 1.165) is 22.5 Å². The van der Waals surface area contributed by atoms with Crippen molar-refractivity contribution >= 4 is 17.5 Å². The molecule has 0 aliphatic heterocycles. The monoisotopic (exact) mass is 261 g/mol.